The Balaban J connectivity index is 1.46. The Kier molecular flexibility index (Phi) is 8.14. The number of methoxy groups -OCH3 is 2. The molecular formula is C30H28ClF3N2O6. The summed E-state index contributed by atoms with van der Waals surface area (Å²) >= 11 is 6.09. The van der Waals surface area contributed by atoms with Crippen LogP contribution in [0.2, 0.25) is 5.02 Å². The third kappa shape index (κ3) is 6.20. The van der Waals surface area contributed by atoms with Crippen LogP contribution in [-0.2, 0) is 22.2 Å². The molecular weight excluding hydrogens is 577 g/mol. The van der Waals surface area contributed by atoms with Gasteiger partial charge in [-0.1, -0.05) is 23.7 Å². The van der Waals surface area contributed by atoms with E-state index >= 15 is 0 Å². The SMILES string of the molecule is COc1cc(NC(C(=O)N2CCc3cc(OC)c(C(F)(F)F)cc32)c2ccc(Cl)cc2)cc(OC[C@@H]2C[C@H]2C(=O)O)c1. The van der Waals surface area contributed by atoms with Gasteiger partial charge in [0, 0.05) is 47.1 Å². The minimum atomic E-state index is -4.67. The van der Waals surface area contributed by atoms with Gasteiger partial charge in [-0.2, -0.15) is 13.2 Å². The summed E-state index contributed by atoms with van der Waals surface area (Å²) in [7, 11) is 2.65. The molecule has 222 valence electrons. The Hall–Kier alpha value is -4.12. The largest absolute Gasteiger partial charge is 0.497 e. The molecule has 1 saturated carbocycles. The second-order valence-corrected chi connectivity index (χ2v) is 10.6. The average molecular weight is 605 g/mol. The van der Waals surface area contributed by atoms with E-state index in [-0.39, 0.29) is 30.5 Å². The fraction of sp³-hybridized carbons (Fsp3) is 0.333. The summed E-state index contributed by atoms with van der Waals surface area (Å²) in [4.78, 5) is 26.6. The minimum Gasteiger partial charge on any atom is -0.497 e. The third-order valence-electron chi connectivity index (χ3n) is 7.45. The Morgan fingerprint density at radius 1 is 1.07 bits per heavy atom. The predicted molar refractivity (Wildman–Crippen MR) is 150 cm³/mol. The average Bonchev–Trinajstić information content (AvgIpc) is 3.64. The van der Waals surface area contributed by atoms with Gasteiger partial charge in [-0.3, -0.25) is 9.59 Å². The van der Waals surface area contributed by atoms with Gasteiger partial charge in [-0.15, -0.1) is 0 Å². The van der Waals surface area contributed by atoms with Crippen LogP contribution in [-0.4, -0.2) is 44.4 Å². The van der Waals surface area contributed by atoms with Crippen molar-refractivity contribution in [3.8, 4) is 17.2 Å². The lowest BCUT2D eigenvalue weighted by Gasteiger charge is -2.27. The smallest absolute Gasteiger partial charge is 0.420 e. The number of hydrogen-bond acceptors (Lipinski definition) is 6. The molecule has 8 nitrogen and oxygen atoms in total. The summed E-state index contributed by atoms with van der Waals surface area (Å²) in [6.45, 7) is 0.391. The summed E-state index contributed by atoms with van der Waals surface area (Å²) in [6.07, 6.45) is -3.77. The molecule has 3 aromatic rings. The summed E-state index contributed by atoms with van der Waals surface area (Å²) in [5, 5.41) is 12.8. The molecule has 2 N–H and O–H groups in total. The molecule has 0 radical (unpaired) electrons. The van der Waals surface area contributed by atoms with E-state index in [4.69, 9.17) is 30.9 Å². The van der Waals surface area contributed by atoms with Crippen LogP contribution < -0.4 is 24.4 Å². The number of fused-ring (bicyclic) bond motifs is 1. The number of carbonyl (C=O) groups is 2. The van der Waals surface area contributed by atoms with Gasteiger partial charge in [0.05, 0.1) is 32.3 Å². The Morgan fingerprint density at radius 2 is 1.79 bits per heavy atom. The number of carbonyl (C=O) groups excluding carboxylic acids is 1. The number of amides is 1. The summed E-state index contributed by atoms with van der Waals surface area (Å²) in [5.74, 6) is -1.31. The molecule has 12 heteroatoms. The lowest BCUT2D eigenvalue weighted by molar-refractivity contribution is -0.139. The third-order valence-corrected chi connectivity index (χ3v) is 7.70. The van der Waals surface area contributed by atoms with E-state index in [1.807, 2.05) is 0 Å². The fourth-order valence-electron chi connectivity index (χ4n) is 5.09. The van der Waals surface area contributed by atoms with E-state index in [0.29, 0.717) is 46.2 Å². The molecule has 1 amide bonds. The van der Waals surface area contributed by atoms with E-state index in [1.54, 1.807) is 42.5 Å². The topological polar surface area (TPSA) is 97.3 Å². The van der Waals surface area contributed by atoms with Gasteiger partial charge in [0.2, 0.25) is 0 Å². The zero-order valence-electron chi connectivity index (χ0n) is 22.7. The molecule has 3 aromatic carbocycles. The highest BCUT2D eigenvalue weighted by atomic mass is 35.5. The molecule has 1 unspecified atom stereocenters. The standard InChI is InChI=1S/C30H28ClF3N2O6/c1-40-21-11-20(12-22(13-21)42-15-18-9-23(18)29(38)39)35-27(16-3-5-19(31)6-4-16)28(37)36-8-7-17-10-26(41-2)24(14-25(17)36)30(32,33)34/h3-6,10-14,18,23,27,35H,7-9,15H2,1-2H3,(H,38,39)/t18-,23+,27?/m0/s1. The highest BCUT2D eigenvalue weighted by molar-refractivity contribution is 6.30. The van der Waals surface area contributed by atoms with E-state index in [9.17, 15) is 22.8 Å². The monoisotopic (exact) mass is 604 g/mol. The first-order chi connectivity index (χ1) is 20.0. The highest BCUT2D eigenvalue weighted by Gasteiger charge is 2.43. The molecule has 1 aliphatic heterocycles. The zero-order chi connectivity index (χ0) is 30.2. The van der Waals surface area contributed by atoms with Crippen LogP contribution in [0.1, 0.15) is 29.2 Å². The van der Waals surface area contributed by atoms with Crippen LogP contribution in [0.25, 0.3) is 0 Å². The van der Waals surface area contributed by atoms with Crippen LogP contribution in [0.5, 0.6) is 17.2 Å². The fourth-order valence-corrected chi connectivity index (χ4v) is 5.22. The van der Waals surface area contributed by atoms with E-state index in [2.05, 4.69) is 5.32 Å². The quantitative estimate of drug-likeness (QED) is 0.284. The molecule has 0 bridgehead atoms. The number of rotatable bonds is 10. The van der Waals surface area contributed by atoms with Crippen molar-refractivity contribution in [2.45, 2.75) is 25.1 Å². The van der Waals surface area contributed by atoms with E-state index in [0.717, 1.165) is 6.07 Å². The number of carboxylic acid groups (broad SMARTS) is 1. The molecule has 1 heterocycles. The normalized spacial score (nSPS) is 18.2. The van der Waals surface area contributed by atoms with E-state index in [1.165, 1.54) is 25.2 Å². The Bertz CT molecular complexity index is 1500. The van der Waals surface area contributed by atoms with Crippen molar-refractivity contribution < 1.29 is 42.1 Å². The summed E-state index contributed by atoms with van der Waals surface area (Å²) in [6, 6.07) is 12.8. The van der Waals surface area contributed by atoms with Crippen molar-refractivity contribution in [1.29, 1.82) is 0 Å². The van der Waals surface area contributed by atoms with Crippen molar-refractivity contribution >= 4 is 34.9 Å². The molecule has 2 aliphatic rings. The summed E-state index contributed by atoms with van der Waals surface area (Å²) in [5.41, 5.74) is 0.763. The van der Waals surface area contributed by atoms with Crippen molar-refractivity contribution in [2.24, 2.45) is 11.8 Å². The zero-order valence-corrected chi connectivity index (χ0v) is 23.5. The van der Waals surface area contributed by atoms with Crippen molar-refractivity contribution in [3.05, 3.63) is 76.3 Å². The second-order valence-electron chi connectivity index (χ2n) is 10.2. The molecule has 1 aliphatic carbocycles. The number of carboxylic acids is 1. The molecule has 42 heavy (non-hydrogen) atoms. The van der Waals surface area contributed by atoms with Crippen LogP contribution in [0.15, 0.2) is 54.6 Å². The number of nitrogens with zero attached hydrogens (tertiary/aromatic N) is 1. The summed E-state index contributed by atoms with van der Waals surface area (Å²) < 4.78 is 57.7. The molecule has 0 aromatic heterocycles. The van der Waals surface area contributed by atoms with Gasteiger partial charge in [-0.25, -0.2) is 0 Å². The van der Waals surface area contributed by atoms with Gasteiger partial charge in [0.25, 0.3) is 5.91 Å². The first-order valence-corrected chi connectivity index (χ1v) is 13.5. The maximum atomic E-state index is 14.1. The predicted octanol–water partition coefficient (Wildman–Crippen LogP) is 6.22. The van der Waals surface area contributed by atoms with Gasteiger partial charge < -0.3 is 29.5 Å². The molecule has 3 atom stereocenters. The van der Waals surface area contributed by atoms with Crippen molar-refractivity contribution in [2.75, 3.05) is 37.6 Å². The number of aliphatic carboxylic acids is 1. The van der Waals surface area contributed by atoms with Gasteiger partial charge in [-0.05, 0) is 48.2 Å². The van der Waals surface area contributed by atoms with Crippen molar-refractivity contribution in [1.82, 2.24) is 0 Å². The number of ether oxygens (including phenoxy) is 3. The number of alkyl halides is 3. The highest BCUT2D eigenvalue weighted by Crippen LogP contribution is 2.43. The Morgan fingerprint density at radius 3 is 2.40 bits per heavy atom. The maximum Gasteiger partial charge on any atom is 0.420 e. The van der Waals surface area contributed by atoms with Gasteiger partial charge in [0.15, 0.2) is 0 Å². The van der Waals surface area contributed by atoms with Crippen molar-refractivity contribution in [3.63, 3.8) is 0 Å². The lowest BCUT2D eigenvalue weighted by atomic mass is 10.0. The number of anilines is 2. The van der Waals surface area contributed by atoms with Gasteiger partial charge in [0.1, 0.15) is 23.3 Å². The minimum absolute atomic E-state index is 0.0936. The van der Waals surface area contributed by atoms with Crippen LogP contribution in [0.3, 0.4) is 0 Å². The first kappa shape index (κ1) is 29.4. The van der Waals surface area contributed by atoms with Crippen LogP contribution in [0, 0.1) is 11.8 Å². The molecule has 5 rings (SSSR count). The van der Waals surface area contributed by atoms with Crippen LogP contribution >= 0.6 is 11.6 Å². The number of nitrogens with one attached hydrogen (secondary N) is 1. The maximum absolute atomic E-state index is 14.1. The first-order valence-electron chi connectivity index (χ1n) is 13.1. The lowest BCUT2D eigenvalue weighted by Crippen LogP contribution is -2.37. The number of hydrogen-bond donors (Lipinski definition) is 2. The molecule has 1 fully saturated rings. The number of halogens is 4. The Labute approximate surface area is 244 Å². The molecule has 0 saturated heterocycles. The van der Waals surface area contributed by atoms with E-state index < -0.39 is 35.6 Å². The van der Waals surface area contributed by atoms with Crippen LogP contribution in [0.4, 0.5) is 24.5 Å². The molecule has 0 spiro atoms. The second kappa shape index (κ2) is 11.6. The van der Waals surface area contributed by atoms with Gasteiger partial charge >= 0.3 is 12.1 Å². The number of benzene rings is 3.